The molecule has 0 fully saturated rings. The second-order valence-corrected chi connectivity index (χ2v) is 6.81. The fourth-order valence-electron chi connectivity index (χ4n) is 2.54. The van der Waals surface area contributed by atoms with Gasteiger partial charge in [0.2, 0.25) is 0 Å². The largest absolute Gasteiger partial charge is 0.433 e. The Morgan fingerprint density at radius 1 is 1.28 bits per heavy atom. The lowest BCUT2D eigenvalue weighted by Crippen LogP contribution is -2.20. The second-order valence-electron chi connectivity index (χ2n) is 6.81. The lowest BCUT2D eigenvalue weighted by Gasteiger charge is -2.18. The smallest absolute Gasteiger partial charge is 0.299 e. The SMILES string of the molecule is CC(C)(C)c1[nH]n(Cc2ccc(C(F)(F)F)nc2)c(=O)c1CCC#N. The van der Waals surface area contributed by atoms with Gasteiger partial charge in [0.25, 0.3) is 5.56 Å². The molecule has 0 aliphatic rings. The van der Waals surface area contributed by atoms with Crippen molar-refractivity contribution in [3.05, 3.63) is 51.2 Å². The fourth-order valence-corrected chi connectivity index (χ4v) is 2.54. The Kier molecular flexibility index (Phi) is 5.07. The van der Waals surface area contributed by atoms with Gasteiger partial charge in [-0.25, -0.2) is 4.68 Å². The minimum atomic E-state index is -4.49. The molecule has 134 valence electrons. The maximum Gasteiger partial charge on any atom is 0.433 e. The molecule has 0 saturated carbocycles. The summed E-state index contributed by atoms with van der Waals surface area (Å²) in [5, 5.41) is 11.8. The Morgan fingerprint density at radius 2 is 1.96 bits per heavy atom. The van der Waals surface area contributed by atoms with Gasteiger partial charge in [-0.05, 0) is 18.1 Å². The number of hydrogen-bond donors (Lipinski definition) is 1. The summed E-state index contributed by atoms with van der Waals surface area (Å²) in [6.07, 6.45) is -2.83. The van der Waals surface area contributed by atoms with Crippen LogP contribution in [0.25, 0.3) is 0 Å². The van der Waals surface area contributed by atoms with Gasteiger partial charge in [0.1, 0.15) is 5.69 Å². The lowest BCUT2D eigenvalue weighted by atomic mass is 9.88. The van der Waals surface area contributed by atoms with Crippen molar-refractivity contribution in [3.63, 3.8) is 0 Å². The van der Waals surface area contributed by atoms with E-state index in [4.69, 9.17) is 5.26 Å². The van der Waals surface area contributed by atoms with Crippen LogP contribution in [0.15, 0.2) is 23.1 Å². The van der Waals surface area contributed by atoms with Crippen LogP contribution in [0.5, 0.6) is 0 Å². The zero-order valence-corrected chi connectivity index (χ0v) is 14.2. The number of nitriles is 1. The standard InChI is InChI=1S/C17H19F3N4O/c1-16(2,3)14-12(5-4-8-21)15(25)24(23-14)10-11-6-7-13(22-9-11)17(18,19)20/h6-7,9,23H,4-5,10H2,1-3H3. The topological polar surface area (TPSA) is 74.5 Å². The number of hydrogen-bond acceptors (Lipinski definition) is 3. The van der Waals surface area contributed by atoms with Gasteiger partial charge in [-0.15, -0.1) is 0 Å². The molecule has 2 aromatic heterocycles. The predicted molar refractivity (Wildman–Crippen MR) is 86.0 cm³/mol. The van der Waals surface area contributed by atoms with E-state index in [0.29, 0.717) is 17.5 Å². The van der Waals surface area contributed by atoms with Gasteiger partial charge in [0, 0.05) is 29.3 Å². The maximum absolute atomic E-state index is 12.6. The molecule has 5 nitrogen and oxygen atoms in total. The first kappa shape index (κ1) is 18.8. The Labute approximate surface area is 143 Å². The van der Waals surface area contributed by atoms with Crippen LogP contribution in [-0.4, -0.2) is 14.8 Å². The molecule has 8 heteroatoms. The van der Waals surface area contributed by atoms with Crippen LogP contribution in [0.4, 0.5) is 13.2 Å². The molecule has 0 aromatic carbocycles. The van der Waals surface area contributed by atoms with E-state index >= 15 is 0 Å². The average Bonchev–Trinajstić information content (AvgIpc) is 2.81. The van der Waals surface area contributed by atoms with Gasteiger partial charge in [0.15, 0.2) is 0 Å². The van der Waals surface area contributed by atoms with Crippen LogP contribution in [0.3, 0.4) is 0 Å². The number of H-pyrrole nitrogens is 1. The summed E-state index contributed by atoms with van der Waals surface area (Å²) in [5.41, 5.74) is 0.179. The van der Waals surface area contributed by atoms with Crippen molar-refractivity contribution in [2.75, 3.05) is 0 Å². The van der Waals surface area contributed by atoms with Gasteiger partial charge in [0.05, 0.1) is 12.6 Å². The van der Waals surface area contributed by atoms with Crippen LogP contribution >= 0.6 is 0 Å². The van der Waals surface area contributed by atoms with Crippen LogP contribution < -0.4 is 5.56 Å². The number of nitrogens with zero attached hydrogens (tertiary/aromatic N) is 3. The summed E-state index contributed by atoms with van der Waals surface area (Å²) in [6, 6.07) is 4.22. The van der Waals surface area contributed by atoms with E-state index in [2.05, 4.69) is 10.1 Å². The molecule has 1 N–H and O–H groups in total. The van der Waals surface area contributed by atoms with Gasteiger partial charge < -0.3 is 0 Å². The average molecular weight is 352 g/mol. The van der Waals surface area contributed by atoms with E-state index in [-0.39, 0.29) is 23.9 Å². The number of alkyl halides is 3. The summed E-state index contributed by atoms with van der Waals surface area (Å²) < 4.78 is 39.0. The summed E-state index contributed by atoms with van der Waals surface area (Å²) in [7, 11) is 0. The van der Waals surface area contributed by atoms with Crippen LogP contribution in [0.2, 0.25) is 0 Å². The molecule has 0 aliphatic heterocycles. The van der Waals surface area contributed by atoms with Crippen molar-refractivity contribution in [3.8, 4) is 6.07 Å². The number of rotatable bonds is 4. The minimum absolute atomic E-state index is 0.0829. The van der Waals surface area contributed by atoms with Crippen LogP contribution in [-0.2, 0) is 24.6 Å². The van der Waals surface area contributed by atoms with Crippen molar-refractivity contribution in [2.24, 2.45) is 0 Å². The summed E-state index contributed by atoms with van der Waals surface area (Å²) >= 11 is 0. The van der Waals surface area contributed by atoms with Crippen molar-refractivity contribution in [1.29, 1.82) is 5.26 Å². The molecule has 0 unspecified atom stereocenters. The first-order chi connectivity index (χ1) is 11.5. The highest BCUT2D eigenvalue weighted by molar-refractivity contribution is 5.26. The van der Waals surface area contributed by atoms with Gasteiger partial charge >= 0.3 is 6.18 Å². The second kappa shape index (κ2) is 6.75. The number of nitrogens with one attached hydrogen (secondary N) is 1. The molecular formula is C17H19F3N4O. The third-order valence-corrected chi connectivity index (χ3v) is 3.74. The monoisotopic (exact) mass is 352 g/mol. The summed E-state index contributed by atoms with van der Waals surface area (Å²) in [4.78, 5) is 16.0. The van der Waals surface area contributed by atoms with Gasteiger partial charge in [-0.2, -0.15) is 18.4 Å². The highest BCUT2D eigenvalue weighted by atomic mass is 19.4. The molecule has 2 aromatic rings. The Morgan fingerprint density at radius 3 is 2.44 bits per heavy atom. The fraction of sp³-hybridized carbons (Fsp3) is 0.471. The van der Waals surface area contributed by atoms with Gasteiger partial charge in [-0.3, -0.25) is 14.9 Å². The summed E-state index contributed by atoms with van der Waals surface area (Å²) in [5.74, 6) is 0. The van der Waals surface area contributed by atoms with Crippen LogP contribution in [0, 0.1) is 11.3 Å². The van der Waals surface area contributed by atoms with E-state index in [9.17, 15) is 18.0 Å². The first-order valence-electron chi connectivity index (χ1n) is 7.75. The highest BCUT2D eigenvalue weighted by Crippen LogP contribution is 2.27. The highest BCUT2D eigenvalue weighted by Gasteiger charge is 2.32. The molecule has 0 spiro atoms. The third-order valence-electron chi connectivity index (χ3n) is 3.74. The van der Waals surface area contributed by atoms with E-state index in [1.807, 2.05) is 26.8 Å². The Hall–Kier alpha value is -2.56. The number of pyridine rings is 1. The van der Waals surface area contributed by atoms with Crippen molar-refractivity contribution in [1.82, 2.24) is 14.8 Å². The van der Waals surface area contributed by atoms with E-state index in [0.717, 1.165) is 18.0 Å². The lowest BCUT2D eigenvalue weighted by molar-refractivity contribution is -0.141. The molecule has 0 bridgehead atoms. The van der Waals surface area contributed by atoms with E-state index in [1.165, 1.54) is 10.7 Å². The molecule has 2 rings (SSSR count). The molecule has 0 saturated heterocycles. The molecule has 0 aliphatic carbocycles. The molecule has 0 radical (unpaired) electrons. The Bertz CT molecular complexity index is 833. The normalized spacial score (nSPS) is 12.2. The molecular weight excluding hydrogens is 333 g/mol. The molecule has 25 heavy (non-hydrogen) atoms. The quantitative estimate of drug-likeness (QED) is 0.916. The van der Waals surface area contributed by atoms with Gasteiger partial charge in [-0.1, -0.05) is 26.8 Å². The number of halogens is 3. The van der Waals surface area contributed by atoms with Crippen molar-refractivity contribution >= 4 is 0 Å². The number of aromatic nitrogens is 3. The molecule has 0 atom stereocenters. The first-order valence-corrected chi connectivity index (χ1v) is 7.75. The van der Waals surface area contributed by atoms with Crippen molar-refractivity contribution in [2.45, 2.75) is 51.7 Å². The third kappa shape index (κ3) is 4.29. The minimum Gasteiger partial charge on any atom is -0.299 e. The van der Waals surface area contributed by atoms with Crippen molar-refractivity contribution < 1.29 is 13.2 Å². The predicted octanol–water partition coefficient (Wildman–Crippen LogP) is 3.39. The van der Waals surface area contributed by atoms with E-state index in [1.54, 1.807) is 0 Å². The van der Waals surface area contributed by atoms with Crippen LogP contribution in [0.1, 0.15) is 49.7 Å². The zero-order valence-electron chi connectivity index (χ0n) is 14.2. The molecule has 2 heterocycles. The zero-order chi connectivity index (χ0) is 18.8. The summed E-state index contributed by atoms with van der Waals surface area (Å²) in [6.45, 7) is 5.91. The number of aromatic amines is 1. The Balaban J connectivity index is 2.35. The maximum atomic E-state index is 12.6. The van der Waals surface area contributed by atoms with E-state index < -0.39 is 11.9 Å². The molecule has 0 amide bonds.